The van der Waals surface area contributed by atoms with Gasteiger partial charge in [-0.15, -0.1) is 0 Å². The normalized spacial score (nSPS) is 19.6. The summed E-state index contributed by atoms with van der Waals surface area (Å²) in [6, 6.07) is 11.6. The highest BCUT2D eigenvalue weighted by molar-refractivity contribution is 5.14. The number of rotatable bonds is 7. The quantitative estimate of drug-likeness (QED) is 0.796. The summed E-state index contributed by atoms with van der Waals surface area (Å²) in [7, 11) is 0. The van der Waals surface area contributed by atoms with E-state index in [1.807, 2.05) is 0 Å². The zero-order valence-corrected chi connectivity index (χ0v) is 11.6. The van der Waals surface area contributed by atoms with Gasteiger partial charge in [0.25, 0.3) is 0 Å². The van der Waals surface area contributed by atoms with E-state index in [4.69, 9.17) is 0 Å². The van der Waals surface area contributed by atoms with Gasteiger partial charge in [0.05, 0.1) is 0 Å². The molecule has 100 valence electrons. The molecule has 1 unspecified atom stereocenters. The average Bonchev–Trinajstić information content (AvgIpc) is 2.92. The molecule has 2 nitrogen and oxygen atoms in total. The van der Waals surface area contributed by atoms with Crippen molar-refractivity contribution in [3.05, 3.63) is 35.9 Å². The Morgan fingerprint density at radius 3 is 2.78 bits per heavy atom. The highest BCUT2D eigenvalue weighted by atomic mass is 15.1. The average molecular weight is 246 g/mol. The zero-order valence-electron chi connectivity index (χ0n) is 11.6. The van der Waals surface area contributed by atoms with Crippen molar-refractivity contribution in [2.45, 2.75) is 38.6 Å². The molecule has 1 aliphatic heterocycles. The third kappa shape index (κ3) is 4.43. The highest BCUT2D eigenvalue weighted by Crippen LogP contribution is 2.08. The molecule has 1 fully saturated rings. The Morgan fingerprint density at radius 2 is 2.11 bits per heavy atom. The van der Waals surface area contributed by atoms with Crippen molar-refractivity contribution in [1.29, 1.82) is 0 Å². The summed E-state index contributed by atoms with van der Waals surface area (Å²) in [5.41, 5.74) is 1.47. The molecule has 0 radical (unpaired) electrons. The molecular weight excluding hydrogens is 220 g/mol. The minimum absolute atomic E-state index is 0.738. The fourth-order valence-electron chi connectivity index (χ4n) is 2.75. The van der Waals surface area contributed by atoms with E-state index in [0.717, 1.165) is 6.04 Å². The van der Waals surface area contributed by atoms with Crippen LogP contribution in [0.15, 0.2) is 30.3 Å². The Hall–Kier alpha value is -0.860. The number of nitrogens with one attached hydrogen (secondary N) is 1. The van der Waals surface area contributed by atoms with Gasteiger partial charge in [-0.1, -0.05) is 37.3 Å². The van der Waals surface area contributed by atoms with Crippen LogP contribution in [-0.2, 0) is 6.42 Å². The molecular formula is C16H26N2. The maximum atomic E-state index is 3.59. The van der Waals surface area contributed by atoms with Gasteiger partial charge < -0.3 is 10.2 Å². The van der Waals surface area contributed by atoms with Crippen LogP contribution in [0.1, 0.15) is 31.7 Å². The second-order valence-corrected chi connectivity index (χ2v) is 5.28. The van der Waals surface area contributed by atoms with E-state index in [0.29, 0.717) is 0 Å². The molecule has 0 amide bonds. The Kier molecular flexibility index (Phi) is 5.69. The predicted molar refractivity (Wildman–Crippen MR) is 77.9 cm³/mol. The molecule has 1 aliphatic rings. The van der Waals surface area contributed by atoms with Crippen molar-refractivity contribution in [3.8, 4) is 0 Å². The fraction of sp³-hybridized carbons (Fsp3) is 0.625. The van der Waals surface area contributed by atoms with E-state index in [1.165, 1.54) is 57.4 Å². The van der Waals surface area contributed by atoms with Crippen LogP contribution in [-0.4, -0.2) is 37.1 Å². The first kappa shape index (κ1) is 13.6. The van der Waals surface area contributed by atoms with Gasteiger partial charge in [0.15, 0.2) is 0 Å². The van der Waals surface area contributed by atoms with Crippen LogP contribution >= 0.6 is 0 Å². The van der Waals surface area contributed by atoms with E-state index in [1.54, 1.807) is 0 Å². The first-order valence-electron chi connectivity index (χ1n) is 7.38. The Balaban J connectivity index is 1.67. The summed E-state index contributed by atoms with van der Waals surface area (Å²) in [4.78, 5) is 2.59. The van der Waals surface area contributed by atoms with Crippen molar-refractivity contribution in [2.75, 3.05) is 26.2 Å². The van der Waals surface area contributed by atoms with Crippen LogP contribution in [0.2, 0.25) is 0 Å². The minimum Gasteiger partial charge on any atom is -0.313 e. The van der Waals surface area contributed by atoms with Crippen molar-refractivity contribution >= 4 is 0 Å². The highest BCUT2D eigenvalue weighted by Gasteiger charge is 2.16. The summed E-state index contributed by atoms with van der Waals surface area (Å²) in [6.45, 7) is 7.12. The van der Waals surface area contributed by atoms with Gasteiger partial charge in [-0.25, -0.2) is 0 Å². The molecule has 1 aromatic carbocycles. The largest absolute Gasteiger partial charge is 0.313 e. The lowest BCUT2D eigenvalue weighted by molar-refractivity contribution is 0.258. The number of benzene rings is 1. The molecule has 1 N–H and O–H groups in total. The zero-order chi connectivity index (χ0) is 12.6. The third-order valence-corrected chi connectivity index (χ3v) is 3.87. The number of hydrogen-bond donors (Lipinski definition) is 1. The van der Waals surface area contributed by atoms with Crippen molar-refractivity contribution in [3.63, 3.8) is 0 Å². The number of aryl methyl sites for hydroxylation is 1. The van der Waals surface area contributed by atoms with Crippen LogP contribution in [0.3, 0.4) is 0 Å². The summed E-state index contributed by atoms with van der Waals surface area (Å²) in [5.74, 6) is 0. The standard InChI is InChI=1S/C16H26N2/c1-2-18(14-16-11-6-12-17-16)13-7-10-15-8-4-3-5-9-15/h3-5,8-9,16-17H,2,6-7,10-14H2,1H3. The fourth-order valence-corrected chi connectivity index (χ4v) is 2.75. The topological polar surface area (TPSA) is 15.3 Å². The summed E-state index contributed by atoms with van der Waals surface area (Å²) >= 11 is 0. The molecule has 0 aromatic heterocycles. The lowest BCUT2D eigenvalue weighted by atomic mass is 10.1. The minimum atomic E-state index is 0.738. The molecule has 1 atom stereocenters. The van der Waals surface area contributed by atoms with E-state index in [2.05, 4.69) is 47.5 Å². The molecule has 1 heterocycles. The lowest BCUT2D eigenvalue weighted by Crippen LogP contribution is -2.38. The first-order valence-corrected chi connectivity index (χ1v) is 7.38. The smallest absolute Gasteiger partial charge is 0.0195 e. The summed E-state index contributed by atoms with van der Waals surface area (Å²) in [6.07, 6.45) is 5.18. The van der Waals surface area contributed by atoms with Gasteiger partial charge in [0.1, 0.15) is 0 Å². The predicted octanol–water partition coefficient (Wildman–Crippen LogP) is 2.69. The number of likely N-dealkylation sites (N-methyl/N-ethyl adjacent to an activating group) is 1. The number of hydrogen-bond acceptors (Lipinski definition) is 2. The maximum absolute atomic E-state index is 3.59. The van der Waals surface area contributed by atoms with Crippen molar-refractivity contribution < 1.29 is 0 Å². The van der Waals surface area contributed by atoms with Gasteiger partial charge in [-0.3, -0.25) is 0 Å². The van der Waals surface area contributed by atoms with Gasteiger partial charge in [-0.2, -0.15) is 0 Å². The second-order valence-electron chi connectivity index (χ2n) is 5.28. The van der Waals surface area contributed by atoms with Gasteiger partial charge in [0.2, 0.25) is 0 Å². The SMILES string of the molecule is CCN(CCCc1ccccc1)CC1CCCN1. The monoisotopic (exact) mass is 246 g/mol. The van der Waals surface area contributed by atoms with Gasteiger partial charge >= 0.3 is 0 Å². The van der Waals surface area contributed by atoms with Gasteiger partial charge in [-0.05, 0) is 50.9 Å². The van der Waals surface area contributed by atoms with Crippen LogP contribution in [0.4, 0.5) is 0 Å². The van der Waals surface area contributed by atoms with E-state index >= 15 is 0 Å². The molecule has 1 aromatic rings. The number of nitrogens with zero attached hydrogens (tertiary/aromatic N) is 1. The Bertz CT molecular complexity index is 317. The molecule has 18 heavy (non-hydrogen) atoms. The van der Waals surface area contributed by atoms with Crippen LogP contribution in [0.5, 0.6) is 0 Å². The second kappa shape index (κ2) is 7.55. The molecule has 0 aliphatic carbocycles. The van der Waals surface area contributed by atoms with Crippen molar-refractivity contribution in [1.82, 2.24) is 10.2 Å². The molecule has 2 rings (SSSR count). The van der Waals surface area contributed by atoms with E-state index in [-0.39, 0.29) is 0 Å². The maximum Gasteiger partial charge on any atom is 0.0195 e. The molecule has 1 saturated heterocycles. The van der Waals surface area contributed by atoms with Crippen LogP contribution in [0.25, 0.3) is 0 Å². The van der Waals surface area contributed by atoms with Crippen molar-refractivity contribution in [2.24, 2.45) is 0 Å². The summed E-state index contributed by atoms with van der Waals surface area (Å²) in [5, 5.41) is 3.59. The Morgan fingerprint density at radius 1 is 1.28 bits per heavy atom. The lowest BCUT2D eigenvalue weighted by Gasteiger charge is -2.24. The molecule has 2 heteroatoms. The van der Waals surface area contributed by atoms with Gasteiger partial charge in [0, 0.05) is 12.6 Å². The van der Waals surface area contributed by atoms with Crippen LogP contribution in [0, 0.1) is 0 Å². The van der Waals surface area contributed by atoms with E-state index in [9.17, 15) is 0 Å². The molecule has 0 saturated carbocycles. The molecule has 0 bridgehead atoms. The van der Waals surface area contributed by atoms with E-state index < -0.39 is 0 Å². The third-order valence-electron chi connectivity index (χ3n) is 3.87. The van der Waals surface area contributed by atoms with Crippen LogP contribution < -0.4 is 5.32 Å². The molecule has 0 spiro atoms. The first-order chi connectivity index (χ1) is 8.88. The Labute approximate surface area is 111 Å². The summed E-state index contributed by atoms with van der Waals surface area (Å²) < 4.78 is 0.